The van der Waals surface area contributed by atoms with Crippen LogP contribution in [-0.4, -0.2) is 29.9 Å². The SMILES string of the molecule is N#Cc1ccc(OC[C@H](O)C[NH2+]C23CC4CC(CC(C4)C2)C3)cc1. The van der Waals surface area contributed by atoms with Gasteiger partial charge in [-0.05, 0) is 61.3 Å². The van der Waals surface area contributed by atoms with Gasteiger partial charge in [0.25, 0.3) is 0 Å². The van der Waals surface area contributed by atoms with E-state index in [1.807, 2.05) is 0 Å². The molecule has 0 saturated heterocycles. The molecule has 0 amide bonds. The number of aliphatic hydroxyl groups is 1. The van der Waals surface area contributed by atoms with Crippen molar-refractivity contribution in [2.24, 2.45) is 17.8 Å². The van der Waals surface area contributed by atoms with Crippen LogP contribution in [0.5, 0.6) is 5.75 Å². The van der Waals surface area contributed by atoms with Crippen molar-refractivity contribution in [2.45, 2.75) is 50.2 Å². The molecule has 0 spiro atoms. The number of nitriles is 1. The summed E-state index contributed by atoms with van der Waals surface area (Å²) < 4.78 is 5.66. The van der Waals surface area contributed by atoms with E-state index < -0.39 is 6.10 Å². The Kier molecular flexibility index (Phi) is 4.24. The van der Waals surface area contributed by atoms with Crippen molar-refractivity contribution in [3.63, 3.8) is 0 Å². The third kappa shape index (κ3) is 3.29. The lowest BCUT2D eigenvalue weighted by Gasteiger charge is -2.54. The second kappa shape index (κ2) is 6.38. The maximum atomic E-state index is 10.3. The molecule has 1 aromatic rings. The fourth-order valence-corrected chi connectivity index (χ4v) is 5.70. The molecule has 0 heterocycles. The first-order valence-corrected chi connectivity index (χ1v) is 9.29. The first-order chi connectivity index (χ1) is 11.6. The molecule has 1 atom stereocenters. The predicted octanol–water partition coefficient (Wildman–Crippen LogP) is 1.83. The summed E-state index contributed by atoms with van der Waals surface area (Å²) in [6.07, 6.45) is 7.97. The summed E-state index contributed by atoms with van der Waals surface area (Å²) in [5.74, 6) is 3.54. The lowest BCUT2D eigenvalue weighted by molar-refractivity contribution is -0.743. The lowest BCUT2D eigenvalue weighted by Crippen LogP contribution is -3.00. The quantitative estimate of drug-likeness (QED) is 0.837. The highest BCUT2D eigenvalue weighted by atomic mass is 16.5. The summed E-state index contributed by atoms with van der Waals surface area (Å²) in [6.45, 7) is 1.04. The van der Waals surface area contributed by atoms with E-state index in [2.05, 4.69) is 11.4 Å². The highest BCUT2D eigenvalue weighted by Gasteiger charge is 2.53. The van der Waals surface area contributed by atoms with Gasteiger partial charge in [0, 0.05) is 19.3 Å². The maximum absolute atomic E-state index is 10.3. The third-order valence-electron chi connectivity index (χ3n) is 6.33. The fourth-order valence-electron chi connectivity index (χ4n) is 5.70. The average molecular weight is 327 g/mol. The van der Waals surface area contributed by atoms with Crippen LogP contribution >= 0.6 is 0 Å². The van der Waals surface area contributed by atoms with Crippen molar-refractivity contribution in [1.29, 1.82) is 5.26 Å². The van der Waals surface area contributed by atoms with Gasteiger partial charge in [-0.2, -0.15) is 5.26 Å². The highest BCUT2D eigenvalue weighted by molar-refractivity contribution is 5.34. The number of nitrogens with zero attached hydrogens (tertiary/aromatic N) is 1. The van der Waals surface area contributed by atoms with Crippen LogP contribution in [0.3, 0.4) is 0 Å². The van der Waals surface area contributed by atoms with E-state index >= 15 is 0 Å². The molecular formula is C20H27N2O2+. The van der Waals surface area contributed by atoms with Gasteiger partial charge in [-0.3, -0.25) is 0 Å². The fraction of sp³-hybridized carbons (Fsp3) is 0.650. The van der Waals surface area contributed by atoms with E-state index in [4.69, 9.17) is 10.00 Å². The molecule has 128 valence electrons. The van der Waals surface area contributed by atoms with Crippen LogP contribution in [0.4, 0.5) is 0 Å². The molecule has 4 saturated carbocycles. The Morgan fingerprint density at radius 2 is 1.71 bits per heavy atom. The average Bonchev–Trinajstić information content (AvgIpc) is 2.57. The van der Waals surface area contributed by atoms with Gasteiger partial charge in [0.05, 0.1) is 17.2 Å². The molecule has 4 bridgehead atoms. The third-order valence-corrected chi connectivity index (χ3v) is 6.33. The number of rotatable bonds is 6. The lowest BCUT2D eigenvalue weighted by atomic mass is 9.53. The van der Waals surface area contributed by atoms with Crippen molar-refractivity contribution in [1.82, 2.24) is 0 Å². The Morgan fingerprint density at radius 1 is 1.12 bits per heavy atom. The smallest absolute Gasteiger partial charge is 0.137 e. The maximum Gasteiger partial charge on any atom is 0.137 e. The topological polar surface area (TPSA) is 69.9 Å². The van der Waals surface area contributed by atoms with E-state index in [0.29, 0.717) is 23.5 Å². The van der Waals surface area contributed by atoms with Crippen LogP contribution in [0.25, 0.3) is 0 Å². The number of nitrogens with two attached hydrogens (primary N) is 1. The van der Waals surface area contributed by atoms with E-state index in [1.54, 1.807) is 24.3 Å². The zero-order valence-electron chi connectivity index (χ0n) is 14.2. The summed E-state index contributed by atoms with van der Waals surface area (Å²) in [6, 6.07) is 9.14. The van der Waals surface area contributed by atoms with Gasteiger partial charge in [-0.1, -0.05) is 0 Å². The number of hydrogen-bond acceptors (Lipinski definition) is 3. The standard InChI is InChI=1S/C20H26N2O2/c21-11-14-1-3-19(4-2-14)24-13-18(23)12-22-20-8-15-5-16(9-20)7-17(6-15)10-20/h1-4,15-18,22-23H,5-10,12-13H2/p+1/t15?,16?,17?,18-,20?/m1/s1. The molecule has 4 nitrogen and oxygen atoms in total. The van der Waals surface area contributed by atoms with Crippen molar-refractivity contribution < 1.29 is 15.2 Å². The molecule has 0 aliphatic heterocycles. The molecule has 3 N–H and O–H groups in total. The Labute approximate surface area is 143 Å². The molecule has 0 radical (unpaired) electrons. The van der Waals surface area contributed by atoms with Crippen molar-refractivity contribution in [2.75, 3.05) is 13.2 Å². The molecule has 4 heteroatoms. The number of benzene rings is 1. The number of hydrogen-bond donors (Lipinski definition) is 2. The van der Waals surface area contributed by atoms with Gasteiger partial charge in [0.2, 0.25) is 0 Å². The van der Waals surface area contributed by atoms with Gasteiger partial charge in [-0.15, -0.1) is 0 Å². The molecule has 0 aromatic heterocycles. The van der Waals surface area contributed by atoms with Gasteiger partial charge < -0.3 is 15.2 Å². The van der Waals surface area contributed by atoms with Crippen LogP contribution in [0.1, 0.15) is 44.1 Å². The summed E-state index contributed by atoms with van der Waals surface area (Å²) in [7, 11) is 0. The molecule has 1 aromatic carbocycles. The van der Waals surface area contributed by atoms with Gasteiger partial charge in [-0.25, -0.2) is 0 Å². The summed E-state index contributed by atoms with van der Waals surface area (Å²) in [5.41, 5.74) is 1.03. The Balaban J connectivity index is 1.26. The van der Waals surface area contributed by atoms with Crippen LogP contribution in [0, 0.1) is 29.1 Å². The molecule has 4 aliphatic carbocycles. The van der Waals surface area contributed by atoms with E-state index in [0.717, 1.165) is 24.3 Å². The Morgan fingerprint density at radius 3 is 2.25 bits per heavy atom. The summed E-state index contributed by atoms with van der Waals surface area (Å²) in [5, 5.41) is 21.5. The minimum atomic E-state index is -0.450. The summed E-state index contributed by atoms with van der Waals surface area (Å²) >= 11 is 0. The second-order valence-electron chi connectivity index (χ2n) is 8.32. The molecule has 24 heavy (non-hydrogen) atoms. The largest absolute Gasteiger partial charge is 0.491 e. The molecule has 4 fully saturated rings. The van der Waals surface area contributed by atoms with Gasteiger partial charge in [0.1, 0.15) is 25.0 Å². The molecule has 0 unspecified atom stereocenters. The number of quaternary nitrogens is 1. The summed E-state index contributed by atoms with van der Waals surface area (Å²) in [4.78, 5) is 0. The first kappa shape index (κ1) is 15.9. The monoisotopic (exact) mass is 327 g/mol. The van der Waals surface area contributed by atoms with Crippen molar-refractivity contribution >= 4 is 0 Å². The second-order valence-corrected chi connectivity index (χ2v) is 8.32. The van der Waals surface area contributed by atoms with E-state index in [9.17, 15) is 5.11 Å². The number of aliphatic hydroxyl groups excluding tert-OH is 1. The Hall–Kier alpha value is -1.57. The predicted molar refractivity (Wildman–Crippen MR) is 90.4 cm³/mol. The Bertz CT molecular complexity index is 584. The zero-order chi connectivity index (χ0) is 16.6. The van der Waals surface area contributed by atoms with E-state index in [1.165, 1.54) is 38.5 Å². The van der Waals surface area contributed by atoms with Crippen molar-refractivity contribution in [3.8, 4) is 11.8 Å². The van der Waals surface area contributed by atoms with Crippen LogP contribution in [0.2, 0.25) is 0 Å². The van der Waals surface area contributed by atoms with Crippen LogP contribution in [-0.2, 0) is 0 Å². The van der Waals surface area contributed by atoms with Crippen LogP contribution < -0.4 is 10.1 Å². The number of ether oxygens (including phenoxy) is 1. The molecule has 5 rings (SSSR count). The van der Waals surface area contributed by atoms with Gasteiger partial charge in [0.15, 0.2) is 0 Å². The minimum Gasteiger partial charge on any atom is -0.491 e. The normalized spacial score (nSPS) is 34.8. The molecular weight excluding hydrogens is 300 g/mol. The zero-order valence-corrected chi connectivity index (χ0v) is 14.2. The van der Waals surface area contributed by atoms with Crippen LogP contribution in [0.15, 0.2) is 24.3 Å². The highest BCUT2D eigenvalue weighted by Crippen LogP contribution is 2.54. The minimum absolute atomic E-state index is 0.314. The first-order valence-electron chi connectivity index (χ1n) is 9.29. The van der Waals surface area contributed by atoms with E-state index in [-0.39, 0.29) is 0 Å². The van der Waals surface area contributed by atoms with Crippen molar-refractivity contribution in [3.05, 3.63) is 29.8 Å². The molecule has 4 aliphatic rings. The van der Waals surface area contributed by atoms with Gasteiger partial charge >= 0.3 is 0 Å².